The van der Waals surface area contributed by atoms with E-state index in [-0.39, 0.29) is 11.6 Å². The number of nitrogens with zero attached hydrogens (tertiary/aromatic N) is 2. The fourth-order valence-corrected chi connectivity index (χ4v) is 1.96. The summed E-state index contributed by atoms with van der Waals surface area (Å²) in [7, 11) is 3.70. The van der Waals surface area contributed by atoms with E-state index in [9.17, 15) is 9.90 Å². The number of benzene rings is 1. The van der Waals surface area contributed by atoms with Gasteiger partial charge in [0.15, 0.2) is 5.76 Å². The molecule has 0 aliphatic rings. The summed E-state index contributed by atoms with van der Waals surface area (Å²) in [5, 5.41) is 13.9. The molecule has 1 atom stereocenters. The quantitative estimate of drug-likeness (QED) is 0.937. The maximum absolute atomic E-state index is 11.5. The van der Waals surface area contributed by atoms with Crippen molar-refractivity contribution in [1.82, 2.24) is 10.1 Å². The van der Waals surface area contributed by atoms with Gasteiger partial charge in [0.05, 0.1) is 6.04 Å². The lowest BCUT2D eigenvalue weighted by atomic mass is 10.0. The van der Waals surface area contributed by atoms with Crippen LogP contribution in [-0.4, -0.2) is 35.2 Å². The highest BCUT2D eigenvalue weighted by atomic mass is 35.5. The van der Waals surface area contributed by atoms with Crippen LogP contribution in [0.15, 0.2) is 28.8 Å². The number of carboxylic acids is 1. The molecule has 2 aromatic rings. The minimum absolute atomic E-state index is 0.0912. The number of hydrogen-bond donors (Lipinski definition) is 1. The molecule has 0 fully saturated rings. The van der Waals surface area contributed by atoms with Crippen LogP contribution in [0, 0.1) is 0 Å². The lowest BCUT2D eigenvalue weighted by molar-refractivity contribution is 0.0692. The highest BCUT2D eigenvalue weighted by Gasteiger charge is 2.27. The zero-order valence-electron chi connectivity index (χ0n) is 11.4. The Morgan fingerprint density at radius 1 is 1.35 bits per heavy atom. The molecule has 0 bridgehead atoms. The minimum atomic E-state index is -1.06. The van der Waals surface area contributed by atoms with Crippen molar-refractivity contribution in [2.24, 2.45) is 0 Å². The van der Waals surface area contributed by atoms with Crippen molar-refractivity contribution in [3.63, 3.8) is 0 Å². The lowest BCUT2D eigenvalue weighted by Crippen LogP contribution is -2.18. The molecule has 20 heavy (non-hydrogen) atoms. The van der Waals surface area contributed by atoms with E-state index in [0.717, 1.165) is 0 Å². The van der Waals surface area contributed by atoms with Crippen LogP contribution >= 0.6 is 11.6 Å². The topological polar surface area (TPSA) is 66.6 Å². The third-order valence-electron chi connectivity index (χ3n) is 3.20. The first-order valence-corrected chi connectivity index (χ1v) is 6.45. The van der Waals surface area contributed by atoms with Gasteiger partial charge in [-0.15, -0.1) is 0 Å². The van der Waals surface area contributed by atoms with E-state index in [4.69, 9.17) is 16.1 Å². The first-order chi connectivity index (χ1) is 9.41. The molecule has 0 aliphatic carbocycles. The van der Waals surface area contributed by atoms with Crippen LogP contribution in [0.2, 0.25) is 5.02 Å². The molecular weight excluding hydrogens is 280 g/mol. The second-order valence-corrected chi connectivity index (χ2v) is 5.16. The van der Waals surface area contributed by atoms with Crippen LogP contribution in [-0.2, 0) is 0 Å². The normalized spacial score (nSPS) is 12.7. The Morgan fingerprint density at radius 2 is 1.95 bits per heavy atom. The Kier molecular flexibility index (Phi) is 4.11. The Labute approximate surface area is 121 Å². The summed E-state index contributed by atoms with van der Waals surface area (Å²) in [5.74, 6) is -0.715. The SMILES string of the molecule is C[C@H](c1onc(-c2ccc(Cl)cc2)c1C(=O)O)N(C)C. The van der Waals surface area contributed by atoms with Crippen molar-refractivity contribution in [3.8, 4) is 11.3 Å². The van der Waals surface area contributed by atoms with E-state index >= 15 is 0 Å². The summed E-state index contributed by atoms with van der Waals surface area (Å²) in [6, 6.07) is 6.63. The van der Waals surface area contributed by atoms with Crippen LogP contribution in [0.4, 0.5) is 0 Å². The van der Waals surface area contributed by atoms with E-state index in [2.05, 4.69) is 5.16 Å². The third kappa shape index (κ3) is 2.69. The highest BCUT2D eigenvalue weighted by Crippen LogP contribution is 2.31. The lowest BCUT2D eigenvalue weighted by Gasteiger charge is -2.17. The summed E-state index contributed by atoms with van der Waals surface area (Å²) in [6.07, 6.45) is 0. The molecule has 6 heteroatoms. The summed E-state index contributed by atoms with van der Waals surface area (Å²) >= 11 is 5.83. The molecule has 106 valence electrons. The summed E-state index contributed by atoms with van der Waals surface area (Å²) in [4.78, 5) is 13.4. The van der Waals surface area contributed by atoms with Gasteiger partial charge in [0.1, 0.15) is 11.3 Å². The van der Waals surface area contributed by atoms with Gasteiger partial charge in [-0.2, -0.15) is 0 Å². The summed E-state index contributed by atoms with van der Waals surface area (Å²) < 4.78 is 5.26. The Morgan fingerprint density at radius 3 is 2.45 bits per heavy atom. The number of hydrogen-bond acceptors (Lipinski definition) is 4. The van der Waals surface area contributed by atoms with Gasteiger partial charge in [-0.25, -0.2) is 4.79 Å². The van der Waals surface area contributed by atoms with E-state index in [1.54, 1.807) is 24.3 Å². The van der Waals surface area contributed by atoms with E-state index in [1.165, 1.54) is 0 Å². The maximum Gasteiger partial charge on any atom is 0.341 e. The van der Waals surface area contributed by atoms with Crippen LogP contribution in [0.3, 0.4) is 0 Å². The molecule has 0 saturated carbocycles. The van der Waals surface area contributed by atoms with Crippen LogP contribution in [0.1, 0.15) is 29.1 Å². The van der Waals surface area contributed by atoms with Gasteiger partial charge in [-0.05, 0) is 33.2 Å². The number of aromatic carboxylic acids is 1. The zero-order chi connectivity index (χ0) is 14.9. The predicted molar refractivity (Wildman–Crippen MR) is 76.0 cm³/mol. The van der Waals surface area contributed by atoms with Gasteiger partial charge in [0.25, 0.3) is 0 Å². The van der Waals surface area contributed by atoms with Crippen molar-refractivity contribution in [1.29, 1.82) is 0 Å². The van der Waals surface area contributed by atoms with E-state index < -0.39 is 5.97 Å². The fourth-order valence-electron chi connectivity index (χ4n) is 1.83. The Balaban J connectivity index is 2.55. The van der Waals surface area contributed by atoms with Crippen molar-refractivity contribution >= 4 is 17.6 Å². The standard InChI is InChI=1S/C14H15ClN2O3/c1-8(17(2)3)13-11(14(18)19)12(16-20-13)9-4-6-10(15)7-5-9/h4-8H,1-3H3,(H,18,19)/t8-/m1/s1. The molecule has 0 radical (unpaired) electrons. The first-order valence-electron chi connectivity index (χ1n) is 6.07. The molecule has 2 rings (SSSR count). The van der Waals surface area contributed by atoms with Gasteiger partial charge in [0, 0.05) is 10.6 Å². The minimum Gasteiger partial charge on any atom is -0.477 e. The average molecular weight is 295 g/mol. The van der Waals surface area contributed by atoms with E-state index in [0.29, 0.717) is 22.0 Å². The van der Waals surface area contributed by atoms with Crippen molar-refractivity contribution in [2.75, 3.05) is 14.1 Å². The molecular formula is C14H15ClN2O3. The van der Waals surface area contributed by atoms with Gasteiger partial charge in [0.2, 0.25) is 0 Å². The van der Waals surface area contributed by atoms with E-state index in [1.807, 2.05) is 25.9 Å². The smallest absolute Gasteiger partial charge is 0.341 e. The van der Waals surface area contributed by atoms with Crippen molar-refractivity contribution in [3.05, 3.63) is 40.6 Å². The predicted octanol–water partition coefficient (Wildman–Crippen LogP) is 3.32. The number of halogens is 1. The molecule has 0 saturated heterocycles. The molecule has 1 aromatic carbocycles. The van der Waals surface area contributed by atoms with Crippen molar-refractivity contribution < 1.29 is 14.4 Å². The number of carbonyl (C=O) groups is 1. The molecule has 0 spiro atoms. The average Bonchev–Trinajstić information content (AvgIpc) is 2.83. The molecule has 1 heterocycles. The molecule has 0 unspecified atom stereocenters. The number of rotatable bonds is 4. The maximum atomic E-state index is 11.5. The third-order valence-corrected chi connectivity index (χ3v) is 3.46. The van der Waals surface area contributed by atoms with Gasteiger partial charge in [-0.3, -0.25) is 4.90 Å². The monoisotopic (exact) mass is 294 g/mol. The Bertz CT molecular complexity index is 620. The largest absolute Gasteiger partial charge is 0.477 e. The molecule has 5 nitrogen and oxygen atoms in total. The second-order valence-electron chi connectivity index (χ2n) is 4.72. The number of aromatic nitrogens is 1. The number of carboxylic acid groups (broad SMARTS) is 1. The van der Waals surface area contributed by atoms with Gasteiger partial charge < -0.3 is 9.63 Å². The van der Waals surface area contributed by atoms with Gasteiger partial charge >= 0.3 is 5.97 Å². The summed E-state index contributed by atoms with van der Waals surface area (Å²) in [6.45, 7) is 1.86. The fraction of sp³-hybridized carbons (Fsp3) is 0.286. The molecule has 0 amide bonds. The van der Waals surface area contributed by atoms with Crippen molar-refractivity contribution in [2.45, 2.75) is 13.0 Å². The summed E-state index contributed by atoms with van der Waals surface area (Å²) in [5.41, 5.74) is 1.07. The first kappa shape index (κ1) is 14.6. The van der Waals surface area contributed by atoms with Crippen LogP contribution in [0.25, 0.3) is 11.3 Å². The van der Waals surface area contributed by atoms with Crippen LogP contribution in [0.5, 0.6) is 0 Å². The zero-order valence-corrected chi connectivity index (χ0v) is 12.2. The highest BCUT2D eigenvalue weighted by molar-refractivity contribution is 6.30. The van der Waals surface area contributed by atoms with Crippen LogP contribution < -0.4 is 0 Å². The molecule has 0 aliphatic heterocycles. The molecule has 1 aromatic heterocycles. The second kappa shape index (κ2) is 5.64. The van der Waals surface area contributed by atoms with Gasteiger partial charge in [-0.1, -0.05) is 28.9 Å². The molecule has 1 N–H and O–H groups in total. The Hall–Kier alpha value is -1.85.